The number of aliphatic hydroxyl groups is 2. The predicted molar refractivity (Wildman–Crippen MR) is 130 cm³/mol. The molecule has 198 valence electrons. The zero-order valence-corrected chi connectivity index (χ0v) is 21.0. The lowest BCUT2D eigenvalue weighted by atomic mass is 9.61. The normalized spacial score (nSPS) is 25.2. The number of aliphatic hydroxyl groups excluding tert-OH is 1. The van der Waals surface area contributed by atoms with Crippen molar-refractivity contribution < 1.29 is 38.9 Å². The molecule has 0 radical (unpaired) electrons. The zero-order valence-electron chi connectivity index (χ0n) is 21.0. The Hall–Kier alpha value is -3.57. The molecule has 0 bridgehead atoms. The number of phenolic OH excluding ortho intramolecular Hbond substituents is 1. The molecule has 2 amide bonds. The number of benzene rings is 1. The standard InChI is InChI=1S/C26H30FN3O7/c1-10-19(27)13-6-11-5-12-7-15(31)18(24(28)36)23(35)26(12,37)8-14(11)21(33)17(13)22(34)20(10)30-16(32)9-29-25(2,3)4/h8,11-12,29,34-35,37H,5-7,9H2,1-4H3,(H2,28,36)(H,30,32)/t11?,12-,26+/m0/s1. The van der Waals surface area contributed by atoms with Crippen LogP contribution < -0.4 is 16.4 Å². The number of carbonyl (C=O) groups is 4. The summed E-state index contributed by atoms with van der Waals surface area (Å²) in [5.41, 5.74) is 1.26. The monoisotopic (exact) mass is 515 g/mol. The van der Waals surface area contributed by atoms with E-state index in [1.165, 1.54) is 6.92 Å². The highest BCUT2D eigenvalue weighted by atomic mass is 19.1. The average molecular weight is 516 g/mol. The van der Waals surface area contributed by atoms with E-state index in [4.69, 9.17) is 5.73 Å². The number of nitrogens with one attached hydrogen (secondary N) is 2. The second kappa shape index (κ2) is 8.77. The van der Waals surface area contributed by atoms with Gasteiger partial charge in [-0.25, -0.2) is 4.39 Å². The molecular formula is C26H30FN3O7. The van der Waals surface area contributed by atoms with Crippen molar-refractivity contribution in [3.8, 4) is 5.75 Å². The van der Waals surface area contributed by atoms with Crippen LogP contribution in [-0.2, 0) is 20.8 Å². The van der Waals surface area contributed by atoms with Gasteiger partial charge in [0.15, 0.2) is 17.3 Å². The minimum atomic E-state index is -2.20. The molecule has 0 aliphatic heterocycles. The van der Waals surface area contributed by atoms with Crippen LogP contribution in [0, 0.1) is 24.6 Å². The van der Waals surface area contributed by atoms with Crippen LogP contribution in [0.3, 0.4) is 0 Å². The van der Waals surface area contributed by atoms with E-state index < -0.39 is 63.7 Å². The molecule has 1 aromatic rings. The van der Waals surface area contributed by atoms with E-state index >= 15 is 4.39 Å². The van der Waals surface area contributed by atoms with Gasteiger partial charge in [-0.15, -0.1) is 0 Å². The molecule has 1 unspecified atom stereocenters. The van der Waals surface area contributed by atoms with E-state index in [0.717, 1.165) is 6.08 Å². The first-order chi connectivity index (χ1) is 17.1. The van der Waals surface area contributed by atoms with Gasteiger partial charge in [0.25, 0.3) is 5.91 Å². The van der Waals surface area contributed by atoms with Gasteiger partial charge in [-0.3, -0.25) is 19.2 Å². The first kappa shape index (κ1) is 26.5. The molecule has 1 aromatic carbocycles. The molecule has 3 aliphatic rings. The SMILES string of the molecule is Cc1c(F)c2c(c(O)c1NC(=O)CNC(C)(C)C)C(=O)C1=C[C@]3(O)C(O)=C(C(N)=O)C(=O)C[C@@H]3CC1C2. The Morgan fingerprint density at radius 3 is 2.46 bits per heavy atom. The number of ketones is 2. The molecule has 0 spiro atoms. The van der Waals surface area contributed by atoms with Crippen molar-refractivity contribution in [2.24, 2.45) is 17.6 Å². The van der Waals surface area contributed by atoms with Gasteiger partial charge in [-0.05, 0) is 52.5 Å². The predicted octanol–water partition coefficient (Wildman–Crippen LogP) is 1.47. The van der Waals surface area contributed by atoms with Crippen LogP contribution in [0.25, 0.3) is 0 Å². The second-order valence-corrected chi connectivity index (χ2v) is 11.0. The molecule has 10 nitrogen and oxygen atoms in total. The van der Waals surface area contributed by atoms with Gasteiger partial charge in [0.1, 0.15) is 22.8 Å². The van der Waals surface area contributed by atoms with E-state index in [1.807, 2.05) is 20.8 Å². The minimum absolute atomic E-state index is 0.00111. The first-order valence-electron chi connectivity index (χ1n) is 11.9. The fraction of sp³-hybridized carbons (Fsp3) is 0.462. The molecule has 37 heavy (non-hydrogen) atoms. The van der Waals surface area contributed by atoms with E-state index in [-0.39, 0.29) is 59.3 Å². The number of carbonyl (C=O) groups excluding carboxylic acids is 4. The lowest BCUT2D eigenvalue weighted by Gasteiger charge is -2.44. The highest BCUT2D eigenvalue weighted by Gasteiger charge is 2.53. The van der Waals surface area contributed by atoms with E-state index in [0.29, 0.717) is 0 Å². The molecule has 4 rings (SSSR count). The number of fused-ring (bicyclic) bond motifs is 3. The van der Waals surface area contributed by atoms with Gasteiger partial charge in [0.05, 0.1) is 17.8 Å². The number of hydrogen-bond acceptors (Lipinski definition) is 8. The van der Waals surface area contributed by atoms with Crippen molar-refractivity contribution in [2.45, 2.75) is 58.1 Å². The van der Waals surface area contributed by atoms with Gasteiger partial charge in [0, 0.05) is 34.6 Å². The highest BCUT2D eigenvalue weighted by molar-refractivity contribution is 6.20. The second-order valence-electron chi connectivity index (χ2n) is 11.0. The Kier molecular flexibility index (Phi) is 6.28. The fourth-order valence-electron chi connectivity index (χ4n) is 5.38. The Bertz CT molecular complexity index is 1320. The summed E-state index contributed by atoms with van der Waals surface area (Å²) >= 11 is 0. The number of amides is 2. The summed E-state index contributed by atoms with van der Waals surface area (Å²) in [7, 11) is 0. The number of anilines is 1. The van der Waals surface area contributed by atoms with Crippen molar-refractivity contribution in [1.29, 1.82) is 0 Å². The van der Waals surface area contributed by atoms with Crippen LogP contribution in [-0.4, -0.2) is 56.4 Å². The number of rotatable bonds is 4. The summed E-state index contributed by atoms with van der Waals surface area (Å²) in [4.78, 5) is 50.1. The highest BCUT2D eigenvalue weighted by Crippen LogP contribution is 2.51. The molecule has 0 heterocycles. The number of allylic oxidation sites excluding steroid dienone is 1. The van der Waals surface area contributed by atoms with Crippen LogP contribution in [0.1, 0.15) is 55.1 Å². The molecule has 0 saturated heterocycles. The van der Waals surface area contributed by atoms with Crippen molar-refractivity contribution >= 4 is 29.1 Å². The third-order valence-electron chi connectivity index (χ3n) is 7.31. The van der Waals surface area contributed by atoms with Crippen LogP contribution in [0.15, 0.2) is 23.0 Å². The van der Waals surface area contributed by atoms with Gasteiger partial charge >= 0.3 is 0 Å². The Labute approximate surface area is 212 Å². The number of halogens is 1. The molecule has 3 atom stereocenters. The quantitative estimate of drug-likeness (QED) is 0.258. The Balaban J connectivity index is 1.78. The van der Waals surface area contributed by atoms with Crippen molar-refractivity contribution in [3.63, 3.8) is 0 Å². The van der Waals surface area contributed by atoms with Crippen LogP contribution in [0.4, 0.5) is 10.1 Å². The van der Waals surface area contributed by atoms with Gasteiger partial charge in [-0.1, -0.05) is 0 Å². The number of aromatic hydroxyl groups is 1. The maximum Gasteiger partial charge on any atom is 0.255 e. The van der Waals surface area contributed by atoms with Crippen LogP contribution >= 0.6 is 0 Å². The number of phenols is 1. The fourth-order valence-corrected chi connectivity index (χ4v) is 5.38. The average Bonchev–Trinajstić information content (AvgIpc) is 2.78. The molecule has 0 fully saturated rings. The van der Waals surface area contributed by atoms with E-state index in [2.05, 4.69) is 10.6 Å². The number of hydrogen-bond donors (Lipinski definition) is 6. The maximum atomic E-state index is 15.5. The van der Waals surface area contributed by atoms with Gasteiger partial charge in [-0.2, -0.15) is 0 Å². The Morgan fingerprint density at radius 1 is 1.22 bits per heavy atom. The molecule has 0 saturated carbocycles. The lowest BCUT2D eigenvalue weighted by Crippen LogP contribution is -2.50. The molecule has 11 heteroatoms. The van der Waals surface area contributed by atoms with Crippen molar-refractivity contribution in [3.05, 3.63) is 45.5 Å². The third-order valence-corrected chi connectivity index (χ3v) is 7.31. The van der Waals surface area contributed by atoms with E-state index in [9.17, 15) is 34.5 Å². The first-order valence-corrected chi connectivity index (χ1v) is 11.9. The smallest absolute Gasteiger partial charge is 0.255 e. The number of Topliss-reactive ketones (excluding diaryl/α,β-unsaturated/α-hetero) is 2. The summed E-state index contributed by atoms with van der Waals surface area (Å²) < 4.78 is 15.5. The summed E-state index contributed by atoms with van der Waals surface area (Å²) in [6.07, 6.45) is 0.817. The van der Waals surface area contributed by atoms with Crippen LogP contribution in [0.5, 0.6) is 5.75 Å². The van der Waals surface area contributed by atoms with E-state index in [1.54, 1.807) is 0 Å². The largest absolute Gasteiger partial charge is 0.508 e. The van der Waals surface area contributed by atoms with Crippen molar-refractivity contribution in [1.82, 2.24) is 5.32 Å². The van der Waals surface area contributed by atoms with Gasteiger partial charge < -0.3 is 31.7 Å². The maximum absolute atomic E-state index is 15.5. The summed E-state index contributed by atoms with van der Waals surface area (Å²) in [5, 5.41) is 38.3. The van der Waals surface area contributed by atoms with Crippen molar-refractivity contribution in [2.75, 3.05) is 11.9 Å². The third kappa shape index (κ3) is 4.31. The van der Waals surface area contributed by atoms with Gasteiger partial charge in [0.2, 0.25) is 5.91 Å². The number of primary amides is 1. The molecule has 7 N–H and O–H groups in total. The summed E-state index contributed by atoms with van der Waals surface area (Å²) in [6.45, 7) is 6.83. The topological polar surface area (TPSA) is 179 Å². The molecule has 0 aromatic heterocycles. The molecule has 3 aliphatic carbocycles. The number of nitrogens with two attached hydrogens (primary N) is 1. The Morgan fingerprint density at radius 2 is 1.86 bits per heavy atom. The van der Waals surface area contributed by atoms with Crippen LogP contribution in [0.2, 0.25) is 0 Å². The minimum Gasteiger partial charge on any atom is -0.508 e. The summed E-state index contributed by atoms with van der Waals surface area (Å²) in [6, 6.07) is 0. The molecular weight excluding hydrogens is 485 g/mol. The lowest BCUT2D eigenvalue weighted by molar-refractivity contribution is -0.126. The summed E-state index contributed by atoms with van der Waals surface area (Å²) in [5.74, 6) is -7.02. The zero-order chi connectivity index (χ0) is 27.6.